The fourth-order valence-corrected chi connectivity index (χ4v) is 3.41. The van der Waals surface area contributed by atoms with Crippen molar-refractivity contribution in [2.75, 3.05) is 18.4 Å². The van der Waals surface area contributed by atoms with Crippen molar-refractivity contribution in [1.29, 1.82) is 0 Å². The molecule has 0 spiro atoms. The van der Waals surface area contributed by atoms with E-state index < -0.39 is 16.9 Å². The lowest BCUT2D eigenvalue weighted by Crippen LogP contribution is -2.34. The van der Waals surface area contributed by atoms with Crippen LogP contribution in [0.1, 0.15) is 43.0 Å². The van der Waals surface area contributed by atoms with Gasteiger partial charge in [-0.05, 0) is 38.0 Å². The number of para-hydroxylation sites is 3. The maximum absolute atomic E-state index is 13.0. The van der Waals surface area contributed by atoms with Gasteiger partial charge in [0, 0.05) is 19.2 Å². The van der Waals surface area contributed by atoms with Gasteiger partial charge in [0.25, 0.3) is 11.8 Å². The third kappa shape index (κ3) is 5.14. The quantitative estimate of drug-likeness (QED) is 0.571. The van der Waals surface area contributed by atoms with Gasteiger partial charge < -0.3 is 15.0 Å². The topological polar surface area (TPSA) is 102 Å². The van der Waals surface area contributed by atoms with Crippen LogP contribution < -0.4 is 10.1 Å². The average molecular weight is 411 g/mol. The SMILES string of the molecule is CC(Oc1ccccc1[N+](=O)[O-])C(=O)Nc1ccccc1C(=O)N1CCCCCC1. The Bertz CT molecular complexity index is 922. The first-order valence-corrected chi connectivity index (χ1v) is 10.1. The molecule has 2 aromatic rings. The lowest BCUT2D eigenvalue weighted by Gasteiger charge is -2.22. The van der Waals surface area contributed by atoms with Gasteiger partial charge in [-0.3, -0.25) is 19.7 Å². The van der Waals surface area contributed by atoms with Gasteiger partial charge >= 0.3 is 5.69 Å². The number of nitro groups is 1. The Balaban J connectivity index is 1.72. The number of ether oxygens (including phenoxy) is 1. The van der Waals surface area contributed by atoms with Gasteiger partial charge in [0.2, 0.25) is 0 Å². The van der Waals surface area contributed by atoms with Crippen LogP contribution in [0.2, 0.25) is 0 Å². The zero-order valence-corrected chi connectivity index (χ0v) is 16.9. The molecule has 1 N–H and O–H groups in total. The summed E-state index contributed by atoms with van der Waals surface area (Å²) < 4.78 is 5.52. The van der Waals surface area contributed by atoms with Gasteiger partial charge in [0.1, 0.15) is 0 Å². The van der Waals surface area contributed by atoms with Crippen molar-refractivity contribution in [2.24, 2.45) is 0 Å². The first kappa shape index (κ1) is 21.3. The molecule has 0 aliphatic carbocycles. The smallest absolute Gasteiger partial charge is 0.310 e. The molecule has 2 amide bonds. The molecule has 0 aromatic heterocycles. The van der Waals surface area contributed by atoms with Gasteiger partial charge in [0.15, 0.2) is 11.9 Å². The van der Waals surface area contributed by atoms with Crippen LogP contribution in [-0.2, 0) is 4.79 Å². The highest BCUT2D eigenvalue weighted by atomic mass is 16.6. The molecule has 1 saturated heterocycles. The number of carbonyl (C=O) groups is 2. The predicted molar refractivity (Wildman–Crippen MR) is 113 cm³/mol. The number of nitrogens with zero attached hydrogens (tertiary/aromatic N) is 2. The summed E-state index contributed by atoms with van der Waals surface area (Å²) in [6.07, 6.45) is 3.18. The Labute approximate surface area is 175 Å². The van der Waals surface area contributed by atoms with Crippen molar-refractivity contribution in [2.45, 2.75) is 38.7 Å². The fourth-order valence-electron chi connectivity index (χ4n) is 3.41. The Morgan fingerprint density at radius 2 is 1.67 bits per heavy atom. The number of rotatable bonds is 6. The number of likely N-dealkylation sites (tertiary alicyclic amines) is 1. The van der Waals surface area contributed by atoms with Crippen LogP contribution in [-0.4, -0.2) is 40.8 Å². The van der Waals surface area contributed by atoms with Crippen molar-refractivity contribution in [1.82, 2.24) is 4.90 Å². The molecule has 30 heavy (non-hydrogen) atoms. The predicted octanol–water partition coefficient (Wildman–Crippen LogP) is 4.02. The van der Waals surface area contributed by atoms with Crippen LogP contribution in [0.4, 0.5) is 11.4 Å². The Hall–Kier alpha value is -3.42. The van der Waals surface area contributed by atoms with Gasteiger partial charge in [-0.1, -0.05) is 37.1 Å². The van der Waals surface area contributed by atoms with Crippen molar-refractivity contribution < 1.29 is 19.2 Å². The lowest BCUT2D eigenvalue weighted by molar-refractivity contribution is -0.386. The van der Waals surface area contributed by atoms with Crippen LogP contribution in [0.25, 0.3) is 0 Å². The van der Waals surface area contributed by atoms with Crippen LogP contribution in [0.15, 0.2) is 48.5 Å². The number of hydrogen-bond acceptors (Lipinski definition) is 5. The minimum absolute atomic E-state index is 0.0130. The van der Waals surface area contributed by atoms with Crippen molar-refractivity contribution in [3.8, 4) is 5.75 Å². The first-order valence-electron chi connectivity index (χ1n) is 10.1. The highest BCUT2D eigenvalue weighted by Gasteiger charge is 2.24. The second-order valence-electron chi connectivity index (χ2n) is 7.23. The molecule has 158 valence electrons. The monoisotopic (exact) mass is 411 g/mol. The van der Waals surface area contributed by atoms with E-state index in [0.717, 1.165) is 25.7 Å². The van der Waals surface area contributed by atoms with E-state index in [9.17, 15) is 19.7 Å². The minimum atomic E-state index is -0.993. The fraction of sp³-hybridized carbons (Fsp3) is 0.364. The third-order valence-corrected chi connectivity index (χ3v) is 5.04. The number of anilines is 1. The van der Waals surface area contributed by atoms with Crippen molar-refractivity contribution >= 4 is 23.2 Å². The zero-order chi connectivity index (χ0) is 21.5. The molecular formula is C22H25N3O5. The molecule has 1 atom stereocenters. The molecule has 1 aliphatic rings. The Morgan fingerprint density at radius 3 is 2.37 bits per heavy atom. The first-order chi connectivity index (χ1) is 14.5. The van der Waals surface area contributed by atoms with E-state index in [4.69, 9.17) is 4.74 Å². The lowest BCUT2D eigenvalue weighted by atomic mass is 10.1. The number of nitrogens with one attached hydrogen (secondary N) is 1. The molecule has 8 nitrogen and oxygen atoms in total. The van der Waals surface area contributed by atoms with Crippen LogP contribution >= 0.6 is 0 Å². The standard InChI is InChI=1S/C22H25N3O5/c1-16(30-20-13-7-6-12-19(20)25(28)29)21(26)23-18-11-5-4-10-17(18)22(27)24-14-8-2-3-9-15-24/h4-7,10-13,16H,2-3,8-9,14-15H2,1H3,(H,23,26). The largest absolute Gasteiger partial charge is 0.474 e. The molecule has 1 fully saturated rings. The number of nitro benzene ring substituents is 1. The molecule has 2 aromatic carbocycles. The average Bonchev–Trinajstić information content (AvgIpc) is 3.03. The highest BCUT2D eigenvalue weighted by Crippen LogP contribution is 2.27. The Morgan fingerprint density at radius 1 is 1.03 bits per heavy atom. The number of carbonyl (C=O) groups excluding carboxylic acids is 2. The summed E-state index contributed by atoms with van der Waals surface area (Å²) in [6, 6.07) is 12.7. The molecule has 1 unspecified atom stereocenters. The van der Waals surface area contributed by atoms with E-state index in [1.807, 2.05) is 4.90 Å². The summed E-state index contributed by atoms with van der Waals surface area (Å²) in [4.78, 5) is 38.1. The second-order valence-corrected chi connectivity index (χ2v) is 7.23. The summed E-state index contributed by atoms with van der Waals surface area (Å²) in [5.74, 6) is -0.594. The van der Waals surface area contributed by atoms with Crippen LogP contribution in [0, 0.1) is 10.1 Å². The maximum Gasteiger partial charge on any atom is 0.310 e. The molecule has 1 aliphatic heterocycles. The summed E-state index contributed by atoms with van der Waals surface area (Å²) in [6.45, 7) is 2.92. The van der Waals surface area contributed by atoms with Gasteiger partial charge in [-0.15, -0.1) is 0 Å². The number of benzene rings is 2. The van der Waals surface area contributed by atoms with E-state index in [1.165, 1.54) is 25.1 Å². The Kier molecular flexibility index (Phi) is 7.00. The van der Waals surface area contributed by atoms with E-state index in [2.05, 4.69) is 5.32 Å². The molecule has 8 heteroatoms. The molecule has 0 radical (unpaired) electrons. The van der Waals surface area contributed by atoms with Gasteiger partial charge in [-0.25, -0.2) is 0 Å². The number of amides is 2. The van der Waals surface area contributed by atoms with Crippen molar-refractivity contribution in [3.63, 3.8) is 0 Å². The second kappa shape index (κ2) is 9.87. The third-order valence-electron chi connectivity index (χ3n) is 5.04. The number of hydrogen-bond donors (Lipinski definition) is 1. The summed E-state index contributed by atoms with van der Waals surface area (Å²) in [5.41, 5.74) is 0.606. The minimum Gasteiger partial charge on any atom is -0.474 e. The molecular weight excluding hydrogens is 386 g/mol. The molecule has 0 saturated carbocycles. The van der Waals surface area contributed by atoms with Crippen LogP contribution in [0.5, 0.6) is 5.75 Å². The van der Waals surface area contributed by atoms with Gasteiger partial charge in [0.05, 0.1) is 16.2 Å². The maximum atomic E-state index is 13.0. The van der Waals surface area contributed by atoms with E-state index in [-0.39, 0.29) is 17.3 Å². The van der Waals surface area contributed by atoms with Gasteiger partial charge in [-0.2, -0.15) is 0 Å². The van der Waals surface area contributed by atoms with E-state index in [1.54, 1.807) is 30.3 Å². The van der Waals surface area contributed by atoms with E-state index >= 15 is 0 Å². The van der Waals surface area contributed by atoms with E-state index in [0.29, 0.717) is 24.3 Å². The zero-order valence-electron chi connectivity index (χ0n) is 16.9. The normalized spacial score (nSPS) is 15.0. The molecule has 3 rings (SSSR count). The summed E-state index contributed by atoms with van der Waals surface area (Å²) in [7, 11) is 0. The summed E-state index contributed by atoms with van der Waals surface area (Å²) in [5, 5.41) is 13.9. The summed E-state index contributed by atoms with van der Waals surface area (Å²) >= 11 is 0. The van der Waals surface area contributed by atoms with Crippen molar-refractivity contribution in [3.05, 3.63) is 64.2 Å². The highest BCUT2D eigenvalue weighted by molar-refractivity contribution is 6.04. The molecule has 0 bridgehead atoms. The molecule has 1 heterocycles. The van der Waals surface area contributed by atoms with Crippen LogP contribution in [0.3, 0.4) is 0 Å².